The Labute approximate surface area is 166 Å². The van der Waals surface area contributed by atoms with Crippen molar-refractivity contribution in [3.8, 4) is 5.75 Å². The van der Waals surface area contributed by atoms with Gasteiger partial charge >= 0.3 is 5.97 Å². The molecule has 1 aromatic carbocycles. The molecule has 2 aliphatic heterocycles. The largest absolute Gasteiger partial charge is 0.478 e. The first kappa shape index (κ1) is 21.9. The normalized spacial score (nSPS) is 24.4. The van der Waals surface area contributed by atoms with E-state index in [1.807, 2.05) is 13.8 Å². The highest BCUT2D eigenvalue weighted by Crippen LogP contribution is 2.35. The lowest BCUT2D eigenvalue weighted by molar-refractivity contribution is -0.150. The summed E-state index contributed by atoms with van der Waals surface area (Å²) in [5, 5.41) is 0. The van der Waals surface area contributed by atoms with Crippen LogP contribution in [-0.2, 0) is 26.0 Å². The number of carbonyl (C=O) groups excluding carboxylic acids is 1. The third-order valence-corrected chi connectivity index (χ3v) is 7.01. The number of nitrogens with two attached hydrogens (primary N) is 1. The Morgan fingerprint density at radius 2 is 2.11 bits per heavy atom. The van der Waals surface area contributed by atoms with E-state index in [-0.39, 0.29) is 35.4 Å². The van der Waals surface area contributed by atoms with Gasteiger partial charge in [0.25, 0.3) is 0 Å². The molecule has 1 fully saturated rings. The van der Waals surface area contributed by atoms with Gasteiger partial charge in [0, 0.05) is 25.6 Å². The third-order valence-electron chi connectivity index (χ3n) is 5.17. The lowest BCUT2D eigenvalue weighted by atomic mass is 9.81. The van der Waals surface area contributed by atoms with E-state index < -0.39 is 22.1 Å². The van der Waals surface area contributed by atoms with Gasteiger partial charge in [0.15, 0.2) is 6.10 Å². The van der Waals surface area contributed by atoms with E-state index in [0.29, 0.717) is 37.2 Å². The van der Waals surface area contributed by atoms with Crippen molar-refractivity contribution in [1.82, 2.24) is 4.31 Å². The molecule has 0 bridgehead atoms. The average molecular weight is 419 g/mol. The van der Waals surface area contributed by atoms with Gasteiger partial charge in [0.2, 0.25) is 10.0 Å². The highest BCUT2D eigenvalue weighted by Gasteiger charge is 2.39. The molecule has 2 atom stereocenters. The molecule has 0 aliphatic carbocycles. The summed E-state index contributed by atoms with van der Waals surface area (Å²) in [4.78, 5) is 12.1. The number of hydrogen-bond acceptors (Lipinski definition) is 6. The van der Waals surface area contributed by atoms with E-state index in [9.17, 15) is 13.2 Å². The minimum absolute atomic E-state index is 0. The molecule has 152 valence electrons. The number of fused-ring (bicyclic) bond motifs is 1. The van der Waals surface area contributed by atoms with Crippen molar-refractivity contribution in [2.75, 3.05) is 19.7 Å². The van der Waals surface area contributed by atoms with Crippen LogP contribution in [0.2, 0.25) is 0 Å². The number of sulfonamides is 1. The van der Waals surface area contributed by atoms with Gasteiger partial charge in [-0.2, -0.15) is 4.31 Å². The molecular formula is C18H27ClN2O5S. The molecule has 1 saturated heterocycles. The SMILES string of the molecule is CCOC(=O)C1Cc2cc(S(=O)(=O)N3CCC(N)C(C)(C)C3)ccc2O1.Cl. The number of piperidine rings is 1. The van der Waals surface area contributed by atoms with Crippen LogP contribution in [0, 0.1) is 5.41 Å². The lowest BCUT2D eigenvalue weighted by Crippen LogP contribution is -2.53. The maximum Gasteiger partial charge on any atom is 0.347 e. The van der Waals surface area contributed by atoms with Crippen LogP contribution in [0.25, 0.3) is 0 Å². The molecule has 2 aliphatic rings. The highest BCUT2D eigenvalue weighted by atomic mass is 35.5. The van der Waals surface area contributed by atoms with Crippen LogP contribution in [0.15, 0.2) is 23.1 Å². The molecule has 2 heterocycles. The fraction of sp³-hybridized carbons (Fsp3) is 0.611. The van der Waals surface area contributed by atoms with Gasteiger partial charge in [-0.25, -0.2) is 13.2 Å². The molecule has 0 saturated carbocycles. The van der Waals surface area contributed by atoms with Crippen LogP contribution in [0.4, 0.5) is 0 Å². The summed E-state index contributed by atoms with van der Waals surface area (Å²) in [6.07, 6.45) is 0.230. The van der Waals surface area contributed by atoms with Crippen molar-refractivity contribution in [2.24, 2.45) is 11.1 Å². The molecule has 0 radical (unpaired) electrons. The molecule has 1 aromatic rings. The molecule has 2 unspecified atom stereocenters. The summed E-state index contributed by atoms with van der Waals surface area (Å²) >= 11 is 0. The van der Waals surface area contributed by atoms with Gasteiger partial charge in [-0.15, -0.1) is 12.4 Å². The van der Waals surface area contributed by atoms with Crippen LogP contribution >= 0.6 is 12.4 Å². The van der Waals surface area contributed by atoms with E-state index in [0.717, 1.165) is 0 Å². The van der Waals surface area contributed by atoms with Crippen molar-refractivity contribution < 1.29 is 22.7 Å². The number of halogens is 1. The van der Waals surface area contributed by atoms with Crippen molar-refractivity contribution in [3.63, 3.8) is 0 Å². The van der Waals surface area contributed by atoms with Gasteiger partial charge in [-0.1, -0.05) is 13.8 Å². The predicted octanol–water partition coefficient (Wildman–Crippen LogP) is 1.72. The van der Waals surface area contributed by atoms with Crippen molar-refractivity contribution in [1.29, 1.82) is 0 Å². The van der Waals surface area contributed by atoms with Crippen molar-refractivity contribution >= 4 is 28.4 Å². The molecule has 3 rings (SSSR count). The molecule has 9 heteroatoms. The summed E-state index contributed by atoms with van der Waals surface area (Å²) in [5.41, 5.74) is 6.54. The Morgan fingerprint density at radius 3 is 2.74 bits per heavy atom. The predicted molar refractivity (Wildman–Crippen MR) is 104 cm³/mol. The minimum atomic E-state index is -3.62. The van der Waals surface area contributed by atoms with E-state index in [1.54, 1.807) is 19.1 Å². The Balaban J connectivity index is 0.00000261. The summed E-state index contributed by atoms with van der Waals surface area (Å²) < 4.78 is 38.2. The first-order valence-corrected chi connectivity index (χ1v) is 10.3. The van der Waals surface area contributed by atoms with Gasteiger partial charge < -0.3 is 15.2 Å². The Morgan fingerprint density at radius 1 is 1.41 bits per heavy atom. The van der Waals surface area contributed by atoms with Crippen LogP contribution in [0.5, 0.6) is 5.75 Å². The van der Waals surface area contributed by atoms with Crippen LogP contribution in [0.1, 0.15) is 32.8 Å². The van der Waals surface area contributed by atoms with E-state index in [2.05, 4.69) is 0 Å². The molecule has 7 nitrogen and oxygen atoms in total. The Bertz CT molecular complexity index is 812. The van der Waals surface area contributed by atoms with E-state index in [4.69, 9.17) is 15.2 Å². The summed E-state index contributed by atoms with van der Waals surface area (Å²) in [5.74, 6) is 0.0999. The second-order valence-corrected chi connectivity index (χ2v) is 9.49. The van der Waals surface area contributed by atoms with Crippen molar-refractivity contribution in [2.45, 2.75) is 50.7 Å². The van der Waals surface area contributed by atoms with Crippen LogP contribution < -0.4 is 10.5 Å². The summed E-state index contributed by atoms with van der Waals surface area (Å²) in [6.45, 7) is 6.78. The summed E-state index contributed by atoms with van der Waals surface area (Å²) in [7, 11) is -3.62. The van der Waals surface area contributed by atoms with Crippen LogP contribution in [-0.4, -0.2) is 50.5 Å². The maximum absolute atomic E-state index is 13.1. The van der Waals surface area contributed by atoms with Gasteiger partial charge in [-0.05, 0) is 42.5 Å². The lowest BCUT2D eigenvalue weighted by Gasteiger charge is -2.41. The monoisotopic (exact) mass is 418 g/mol. The second-order valence-electron chi connectivity index (χ2n) is 7.55. The topological polar surface area (TPSA) is 98.9 Å². The molecular weight excluding hydrogens is 392 g/mol. The second kappa shape index (κ2) is 7.95. The molecule has 0 amide bonds. The quantitative estimate of drug-likeness (QED) is 0.747. The van der Waals surface area contributed by atoms with Gasteiger partial charge in [-0.3, -0.25) is 0 Å². The average Bonchev–Trinajstić information content (AvgIpc) is 3.00. The molecule has 0 aromatic heterocycles. The number of nitrogens with zero attached hydrogens (tertiary/aromatic N) is 1. The van der Waals surface area contributed by atoms with Crippen LogP contribution in [0.3, 0.4) is 0 Å². The molecule has 2 N–H and O–H groups in total. The highest BCUT2D eigenvalue weighted by molar-refractivity contribution is 7.89. The number of hydrogen-bond donors (Lipinski definition) is 1. The summed E-state index contributed by atoms with van der Waals surface area (Å²) in [6, 6.07) is 4.73. The number of rotatable bonds is 4. The fourth-order valence-electron chi connectivity index (χ4n) is 3.43. The maximum atomic E-state index is 13.1. The number of ether oxygens (including phenoxy) is 2. The molecule has 0 spiro atoms. The fourth-order valence-corrected chi connectivity index (χ4v) is 5.11. The molecule has 27 heavy (non-hydrogen) atoms. The Hall–Kier alpha value is -1.35. The zero-order chi connectivity index (χ0) is 19.1. The number of esters is 1. The smallest absolute Gasteiger partial charge is 0.347 e. The zero-order valence-corrected chi connectivity index (χ0v) is 17.4. The van der Waals surface area contributed by atoms with Gasteiger partial charge in [0.1, 0.15) is 5.75 Å². The zero-order valence-electron chi connectivity index (χ0n) is 15.8. The minimum Gasteiger partial charge on any atom is -0.478 e. The number of benzene rings is 1. The van der Waals surface area contributed by atoms with Gasteiger partial charge in [0.05, 0.1) is 11.5 Å². The first-order valence-electron chi connectivity index (χ1n) is 8.87. The van der Waals surface area contributed by atoms with E-state index in [1.165, 1.54) is 10.4 Å². The Kier molecular flexibility index (Phi) is 6.46. The first-order chi connectivity index (χ1) is 12.1. The van der Waals surface area contributed by atoms with Crippen molar-refractivity contribution in [3.05, 3.63) is 23.8 Å². The number of carbonyl (C=O) groups is 1. The third kappa shape index (κ3) is 4.23. The standard InChI is InChI=1S/C18H26N2O5S.ClH/c1-4-24-17(21)15-10-12-9-13(5-6-14(12)25-15)26(22,23)20-8-7-16(19)18(2,3)11-20;/h5-6,9,15-16H,4,7-8,10-11,19H2,1-3H3;1H. The van der Waals surface area contributed by atoms with E-state index >= 15 is 0 Å².